The lowest BCUT2D eigenvalue weighted by Crippen LogP contribution is -2.65. The summed E-state index contributed by atoms with van der Waals surface area (Å²) in [7, 11) is 0. The number of aliphatic hydroxyl groups excluding tert-OH is 3. The second kappa shape index (κ2) is 7.56. The highest BCUT2D eigenvalue weighted by Gasteiger charge is 2.46. The van der Waals surface area contributed by atoms with Crippen LogP contribution in [0.5, 0.6) is 5.75 Å². The number of amides is 1. The van der Waals surface area contributed by atoms with E-state index in [0.717, 1.165) is 11.3 Å². The largest absolute Gasteiger partial charge is 0.462 e. The van der Waals surface area contributed by atoms with Gasteiger partial charge in [-0.1, -0.05) is 11.3 Å². The third kappa shape index (κ3) is 3.71. The fourth-order valence-corrected chi connectivity index (χ4v) is 3.81. The minimum Gasteiger partial charge on any atom is -0.462 e. The molecule has 0 saturated carbocycles. The predicted octanol–water partition coefficient (Wildman–Crippen LogP) is -0.206. The molecule has 0 spiro atoms. The van der Waals surface area contributed by atoms with Crippen LogP contribution < -0.4 is 15.0 Å². The zero-order valence-corrected chi connectivity index (χ0v) is 15.8. The monoisotopic (exact) mass is 399 g/mol. The van der Waals surface area contributed by atoms with Crippen molar-refractivity contribution in [1.29, 1.82) is 0 Å². The van der Waals surface area contributed by atoms with Crippen molar-refractivity contribution in [2.24, 2.45) is 0 Å². The van der Waals surface area contributed by atoms with Crippen LogP contribution in [0.3, 0.4) is 0 Å². The van der Waals surface area contributed by atoms with E-state index in [0.29, 0.717) is 27.2 Å². The molecule has 2 heterocycles. The number of fused-ring (bicyclic) bond motifs is 1. The van der Waals surface area contributed by atoms with Crippen LogP contribution in [0.2, 0.25) is 0 Å². The van der Waals surface area contributed by atoms with E-state index >= 15 is 0 Å². The van der Waals surface area contributed by atoms with Crippen molar-refractivity contribution in [3.8, 4) is 5.75 Å². The van der Waals surface area contributed by atoms with Crippen molar-refractivity contribution >= 4 is 27.5 Å². The van der Waals surface area contributed by atoms with E-state index < -0.39 is 48.1 Å². The molecular weight excluding hydrogens is 378 g/mol. The van der Waals surface area contributed by atoms with Crippen molar-refractivity contribution in [3.63, 3.8) is 0 Å². The molecule has 1 saturated heterocycles. The lowest BCUT2D eigenvalue weighted by molar-refractivity contribution is -0.244. The minimum atomic E-state index is -1.40. The molecule has 27 heavy (non-hydrogen) atoms. The number of hydrogen-bond donors (Lipinski definition) is 4. The molecule has 0 radical (unpaired) electrons. The highest BCUT2D eigenvalue weighted by Crippen LogP contribution is 2.33. The van der Waals surface area contributed by atoms with Gasteiger partial charge in [-0.15, -0.1) is 0 Å². The van der Waals surface area contributed by atoms with Crippen molar-refractivity contribution in [2.75, 3.05) is 6.61 Å². The molecule has 0 unspecified atom stereocenters. The van der Waals surface area contributed by atoms with Crippen LogP contribution in [-0.2, 0) is 9.53 Å². The number of hydrogen-bond acceptors (Lipinski definition) is 9. The summed E-state index contributed by atoms with van der Waals surface area (Å²) in [5.74, 6) is -0.0695. The van der Waals surface area contributed by atoms with Crippen molar-refractivity contribution in [2.45, 2.75) is 51.4 Å². The highest BCUT2D eigenvalue weighted by atomic mass is 32.1. The number of rotatable bonds is 4. The van der Waals surface area contributed by atoms with Crippen LogP contribution in [0, 0.1) is 13.8 Å². The molecule has 1 aliphatic heterocycles. The summed E-state index contributed by atoms with van der Waals surface area (Å²) in [6.45, 7) is 4.28. The van der Waals surface area contributed by atoms with Gasteiger partial charge in [0.05, 0.1) is 11.3 Å². The Hall–Kier alpha value is -1.98. The molecule has 1 aromatic carbocycles. The second-order valence-corrected chi connectivity index (χ2v) is 7.43. The fraction of sp³-hybridized carbons (Fsp3) is 0.529. The molecule has 2 aromatic rings. The first-order valence-electron chi connectivity index (χ1n) is 8.33. The van der Waals surface area contributed by atoms with Gasteiger partial charge in [-0.2, -0.15) is 0 Å². The standard InChI is InChI=1S/C17H21NO8S/c1-6-7(2)15-11(27-17(23)26-15)4-9(6)24-16-12(18-8(3)20)14(22)13(21)10(5-19)25-16/h4,10,12-14,16,19,21-22H,5H2,1-3H3,(H,18,20)/t10-,12-,13+,14+,16+/m1/s1. The van der Waals surface area contributed by atoms with Crippen molar-refractivity contribution in [1.82, 2.24) is 5.32 Å². The molecule has 9 nitrogen and oxygen atoms in total. The van der Waals surface area contributed by atoms with Gasteiger partial charge in [-0.3, -0.25) is 4.79 Å². The third-order valence-electron chi connectivity index (χ3n) is 4.63. The summed E-state index contributed by atoms with van der Waals surface area (Å²) >= 11 is 0.926. The number of carbonyl (C=O) groups excluding carboxylic acids is 1. The SMILES string of the molecule is CC(=O)N[C@H]1[C@@H](Oc2cc3sc(=O)oc3c(C)c2C)O[C@H](CO)[C@H](O)[C@H]1O. The Balaban J connectivity index is 1.97. The first-order valence-corrected chi connectivity index (χ1v) is 9.14. The summed E-state index contributed by atoms with van der Waals surface area (Å²) in [5.41, 5.74) is 1.88. The van der Waals surface area contributed by atoms with Crippen LogP contribution >= 0.6 is 11.3 Å². The maximum Gasteiger partial charge on any atom is 0.396 e. The summed E-state index contributed by atoms with van der Waals surface area (Å²) in [6.07, 6.45) is -5.04. The van der Waals surface area contributed by atoms with Gasteiger partial charge in [0.25, 0.3) is 0 Å². The summed E-state index contributed by atoms with van der Waals surface area (Å²) in [6, 6.07) is 0.561. The summed E-state index contributed by atoms with van der Waals surface area (Å²) in [4.78, 5) is 22.6. The zero-order valence-electron chi connectivity index (χ0n) is 15.0. The molecule has 1 aromatic heterocycles. The predicted molar refractivity (Wildman–Crippen MR) is 95.8 cm³/mol. The first kappa shape index (κ1) is 19.8. The van der Waals surface area contributed by atoms with Crippen molar-refractivity contribution < 1.29 is 34.0 Å². The van der Waals surface area contributed by atoms with Crippen molar-refractivity contribution in [3.05, 3.63) is 26.9 Å². The van der Waals surface area contributed by atoms with E-state index in [1.807, 2.05) is 0 Å². The highest BCUT2D eigenvalue weighted by molar-refractivity contribution is 7.16. The molecule has 1 fully saturated rings. The van der Waals surface area contributed by atoms with E-state index in [1.54, 1.807) is 19.9 Å². The summed E-state index contributed by atoms with van der Waals surface area (Å²) in [5, 5.41) is 32.3. The Kier molecular flexibility index (Phi) is 5.54. The zero-order chi connectivity index (χ0) is 19.9. The van der Waals surface area contributed by atoms with Crippen LogP contribution in [0.4, 0.5) is 0 Å². The van der Waals surface area contributed by atoms with Crippen LogP contribution in [0.15, 0.2) is 15.3 Å². The smallest absolute Gasteiger partial charge is 0.396 e. The number of aliphatic hydroxyl groups is 3. The number of aryl methyl sites for hydroxylation is 1. The Bertz CT molecular complexity index is 906. The van der Waals surface area contributed by atoms with Gasteiger partial charge in [0.2, 0.25) is 12.2 Å². The number of benzene rings is 1. The molecule has 1 aliphatic rings. The molecular formula is C17H21NO8S. The Morgan fingerprint density at radius 3 is 2.63 bits per heavy atom. The molecule has 10 heteroatoms. The average Bonchev–Trinajstić information content (AvgIpc) is 2.99. The lowest BCUT2D eigenvalue weighted by Gasteiger charge is -2.42. The summed E-state index contributed by atoms with van der Waals surface area (Å²) < 4.78 is 17.2. The molecule has 3 rings (SSSR count). The molecule has 0 bridgehead atoms. The van der Waals surface area contributed by atoms with Crippen LogP contribution in [0.25, 0.3) is 10.3 Å². The topological polar surface area (TPSA) is 138 Å². The molecule has 0 aliphatic carbocycles. The maximum absolute atomic E-state index is 11.5. The van der Waals surface area contributed by atoms with Crippen LogP contribution in [0.1, 0.15) is 18.1 Å². The molecule has 148 valence electrons. The van der Waals surface area contributed by atoms with E-state index in [2.05, 4.69) is 5.32 Å². The van der Waals surface area contributed by atoms with E-state index in [1.165, 1.54) is 6.92 Å². The van der Waals surface area contributed by atoms with E-state index in [4.69, 9.17) is 13.9 Å². The van der Waals surface area contributed by atoms with Gasteiger partial charge in [0, 0.05) is 13.0 Å². The lowest BCUT2D eigenvalue weighted by atomic mass is 9.97. The van der Waals surface area contributed by atoms with Gasteiger partial charge in [-0.05, 0) is 25.0 Å². The molecule has 5 atom stereocenters. The molecule has 4 N–H and O–H groups in total. The fourth-order valence-electron chi connectivity index (χ4n) is 3.05. The van der Waals surface area contributed by atoms with Gasteiger partial charge >= 0.3 is 4.94 Å². The van der Waals surface area contributed by atoms with Gasteiger partial charge in [0.1, 0.15) is 30.1 Å². The number of nitrogens with one attached hydrogen (secondary N) is 1. The van der Waals surface area contributed by atoms with E-state index in [9.17, 15) is 24.9 Å². The van der Waals surface area contributed by atoms with Crippen LogP contribution in [-0.4, -0.2) is 58.5 Å². The third-order valence-corrected chi connectivity index (χ3v) is 5.40. The van der Waals surface area contributed by atoms with Gasteiger partial charge in [0.15, 0.2) is 5.58 Å². The Morgan fingerprint density at radius 2 is 2.00 bits per heavy atom. The minimum absolute atomic E-state index is 0.373. The van der Waals surface area contributed by atoms with Gasteiger partial charge in [-0.25, -0.2) is 4.79 Å². The Labute approximate surface area is 158 Å². The Morgan fingerprint density at radius 1 is 1.30 bits per heavy atom. The maximum atomic E-state index is 11.5. The second-order valence-electron chi connectivity index (χ2n) is 6.46. The average molecular weight is 399 g/mol. The normalized spacial score (nSPS) is 28.3. The first-order chi connectivity index (χ1) is 12.7. The quantitative estimate of drug-likeness (QED) is 0.554. The number of carbonyl (C=O) groups is 1. The number of ether oxygens (including phenoxy) is 2. The van der Waals surface area contributed by atoms with E-state index in [-0.39, 0.29) is 0 Å². The van der Waals surface area contributed by atoms with Gasteiger partial charge < -0.3 is 34.5 Å². The molecule has 1 amide bonds.